The molecule has 1 saturated heterocycles. The van der Waals surface area contributed by atoms with Gasteiger partial charge in [-0.25, -0.2) is 0 Å². The van der Waals surface area contributed by atoms with Crippen LogP contribution in [0.3, 0.4) is 0 Å². The van der Waals surface area contributed by atoms with Crippen LogP contribution < -0.4 is 5.32 Å². The molecule has 2 aliphatic rings. The Kier molecular flexibility index (Phi) is 4.62. The zero-order valence-corrected chi connectivity index (χ0v) is 10.9. The number of hydrogen-bond donors (Lipinski definition) is 1. The van der Waals surface area contributed by atoms with Crippen LogP contribution in [-0.2, 0) is 0 Å². The van der Waals surface area contributed by atoms with E-state index < -0.39 is 0 Å². The molecular formula is C13H27N3. The van der Waals surface area contributed by atoms with Crippen LogP contribution >= 0.6 is 0 Å². The molecule has 1 N–H and O–H groups in total. The van der Waals surface area contributed by atoms with Crippen molar-refractivity contribution in [3.05, 3.63) is 0 Å². The van der Waals surface area contributed by atoms with Crippen molar-refractivity contribution in [2.24, 2.45) is 0 Å². The van der Waals surface area contributed by atoms with Gasteiger partial charge in [-0.05, 0) is 59.3 Å². The standard InChI is InChI=1S/C13H27N3/c1-14-12-4-6-13(7-5-12)16-9-3-8-15(2)10-11-16/h12-14H,3-11H2,1-2H3. The second-order valence-corrected chi connectivity index (χ2v) is 5.49. The van der Waals surface area contributed by atoms with Crippen LogP contribution in [-0.4, -0.2) is 62.2 Å². The number of nitrogens with one attached hydrogen (secondary N) is 1. The van der Waals surface area contributed by atoms with E-state index in [0.29, 0.717) is 0 Å². The van der Waals surface area contributed by atoms with Crippen molar-refractivity contribution in [1.29, 1.82) is 0 Å². The number of nitrogens with zero attached hydrogens (tertiary/aromatic N) is 2. The van der Waals surface area contributed by atoms with Gasteiger partial charge in [0.1, 0.15) is 0 Å². The summed E-state index contributed by atoms with van der Waals surface area (Å²) in [6.45, 7) is 5.14. The second-order valence-electron chi connectivity index (χ2n) is 5.49. The maximum atomic E-state index is 3.42. The van der Waals surface area contributed by atoms with Crippen molar-refractivity contribution < 1.29 is 0 Å². The predicted octanol–water partition coefficient (Wildman–Crippen LogP) is 1.15. The van der Waals surface area contributed by atoms with E-state index in [4.69, 9.17) is 0 Å². The lowest BCUT2D eigenvalue weighted by molar-refractivity contribution is 0.150. The van der Waals surface area contributed by atoms with Crippen molar-refractivity contribution in [3.8, 4) is 0 Å². The normalized spacial score (nSPS) is 34.9. The molecule has 1 aliphatic carbocycles. The van der Waals surface area contributed by atoms with Crippen molar-refractivity contribution in [2.75, 3.05) is 40.3 Å². The topological polar surface area (TPSA) is 18.5 Å². The lowest BCUT2D eigenvalue weighted by Crippen LogP contribution is -2.43. The first-order valence-corrected chi connectivity index (χ1v) is 6.89. The Balaban J connectivity index is 1.79. The molecule has 0 aromatic rings. The van der Waals surface area contributed by atoms with E-state index in [9.17, 15) is 0 Å². The Morgan fingerprint density at radius 3 is 2.38 bits per heavy atom. The lowest BCUT2D eigenvalue weighted by atomic mass is 9.90. The lowest BCUT2D eigenvalue weighted by Gasteiger charge is -2.36. The molecule has 1 saturated carbocycles. The van der Waals surface area contributed by atoms with E-state index in [1.807, 2.05) is 0 Å². The fourth-order valence-electron chi connectivity index (χ4n) is 3.16. The first-order chi connectivity index (χ1) is 7.79. The Morgan fingerprint density at radius 2 is 1.69 bits per heavy atom. The number of rotatable bonds is 2. The minimum absolute atomic E-state index is 0.783. The Morgan fingerprint density at radius 1 is 0.938 bits per heavy atom. The molecule has 0 aromatic heterocycles. The third-order valence-electron chi connectivity index (χ3n) is 4.38. The van der Waals surface area contributed by atoms with Crippen LogP contribution in [0.25, 0.3) is 0 Å². The van der Waals surface area contributed by atoms with Gasteiger partial charge in [0, 0.05) is 25.2 Å². The summed E-state index contributed by atoms with van der Waals surface area (Å²) >= 11 is 0. The molecular weight excluding hydrogens is 198 g/mol. The summed E-state index contributed by atoms with van der Waals surface area (Å²) in [6.07, 6.45) is 6.88. The Hall–Kier alpha value is -0.120. The highest BCUT2D eigenvalue weighted by Crippen LogP contribution is 2.23. The van der Waals surface area contributed by atoms with Gasteiger partial charge in [0.25, 0.3) is 0 Å². The quantitative estimate of drug-likeness (QED) is 0.761. The van der Waals surface area contributed by atoms with E-state index >= 15 is 0 Å². The van der Waals surface area contributed by atoms with Crippen LogP contribution in [0, 0.1) is 0 Å². The molecule has 0 amide bonds. The van der Waals surface area contributed by atoms with E-state index in [1.165, 1.54) is 58.3 Å². The summed E-state index contributed by atoms with van der Waals surface area (Å²) in [7, 11) is 4.35. The summed E-state index contributed by atoms with van der Waals surface area (Å²) in [5.41, 5.74) is 0. The number of hydrogen-bond acceptors (Lipinski definition) is 3. The third kappa shape index (κ3) is 3.19. The molecule has 2 fully saturated rings. The monoisotopic (exact) mass is 225 g/mol. The van der Waals surface area contributed by atoms with Gasteiger partial charge in [0.15, 0.2) is 0 Å². The van der Waals surface area contributed by atoms with Crippen LogP contribution in [0.2, 0.25) is 0 Å². The molecule has 0 unspecified atom stereocenters. The van der Waals surface area contributed by atoms with Gasteiger partial charge in [-0.3, -0.25) is 4.90 Å². The average Bonchev–Trinajstić information content (AvgIpc) is 2.54. The maximum Gasteiger partial charge on any atom is 0.0112 e. The van der Waals surface area contributed by atoms with Gasteiger partial charge >= 0.3 is 0 Å². The van der Waals surface area contributed by atoms with E-state index in [1.54, 1.807) is 0 Å². The van der Waals surface area contributed by atoms with Gasteiger partial charge in [-0.1, -0.05) is 0 Å². The molecule has 2 rings (SSSR count). The average molecular weight is 225 g/mol. The van der Waals surface area contributed by atoms with Gasteiger partial charge in [-0.15, -0.1) is 0 Å². The van der Waals surface area contributed by atoms with E-state index in [2.05, 4.69) is 29.2 Å². The summed E-state index contributed by atoms with van der Waals surface area (Å²) in [5, 5.41) is 3.42. The van der Waals surface area contributed by atoms with Crippen molar-refractivity contribution in [1.82, 2.24) is 15.1 Å². The first kappa shape index (κ1) is 12.3. The van der Waals surface area contributed by atoms with Crippen molar-refractivity contribution in [2.45, 2.75) is 44.2 Å². The molecule has 1 aliphatic heterocycles. The molecule has 0 bridgehead atoms. The van der Waals surface area contributed by atoms with E-state index in [0.717, 1.165) is 12.1 Å². The molecule has 94 valence electrons. The summed E-state index contributed by atoms with van der Waals surface area (Å²) in [6, 6.07) is 1.65. The summed E-state index contributed by atoms with van der Waals surface area (Å²) < 4.78 is 0. The minimum atomic E-state index is 0.783. The molecule has 0 spiro atoms. The molecule has 16 heavy (non-hydrogen) atoms. The SMILES string of the molecule is CNC1CCC(N2CCCN(C)CC2)CC1. The fraction of sp³-hybridized carbons (Fsp3) is 1.00. The third-order valence-corrected chi connectivity index (χ3v) is 4.38. The molecule has 0 radical (unpaired) electrons. The largest absolute Gasteiger partial charge is 0.317 e. The van der Waals surface area contributed by atoms with E-state index in [-0.39, 0.29) is 0 Å². The Labute approximate surface area is 100 Å². The first-order valence-electron chi connectivity index (χ1n) is 6.89. The molecule has 3 nitrogen and oxygen atoms in total. The summed E-state index contributed by atoms with van der Waals surface area (Å²) in [4.78, 5) is 5.22. The highest BCUT2D eigenvalue weighted by molar-refractivity contribution is 4.83. The molecule has 3 heteroatoms. The second kappa shape index (κ2) is 5.99. The van der Waals surface area contributed by atoms with Crippen LogP contribution in [0.1, 0.15) is 32.1 Å². The zero-order valence-electron chi connectivity index (χ0n) is 10.9. The highest BCUT2D eigenvalue weighted by Gasteiger charge is 2.25. The zero-order chi connectivity index (χ0) is 11.4. The summed E-state index contributed by atoms with van der Waals surface area (Å²) in [5.74, 6) is 0. The van der Waals surface area contributed by atoms with Crippen LogP contribution in [0.15, 0.2) is 0 Å². The maximum absolute atomic E-state index is 3.42. The minimum Gasteiger partial charge on any atom is -0.317 e. The molecule has 1 heterocycles. The van der Waals surface area contributed by atoms with Gasteiger partial charge in [0.05, 0.1) is 0 Å². The van der Waals surface area contributed by atoms with Crippen molar-refractivity contribution >= 4 is 0 Å². The van der Waals surface area contributed by atoms with Gasteiger partial charge in [0.2, 0.25) is 0 Å². The molecule has 0 atom stereocenters. The number of likely N-dealkylation sites (N-methyl/N-ethyl adjacent to an activating group) is 1. The van der Waals surface area contributed by atoms with Crippen LogP contribution in [0.4, 0.5) is 0 Å². The predicted molar refractivity (Wildman–Crippen MR) is 68.8 cm³/mol. The highest BCUT2D eigenvalue weighted by atomic mass is 15.2. The molecule has 0 aromatic carbocycles. The fourth-order valence-corrected chi connectivity index (χ4v) is 3.16. The smallest absolute Gasteiger partial charge is 0.0112 e. The van der Waals surface area contributed by atoms with Gasteiger partial charge in [-0.2, -0.15) is 0 Å². The Bertz CT molecular complexity index is 199. The van der Waals surface area contributed by atoms with Crippen molar-refractivity contribution in [3.63, 3.8) is 0 Å². The van der Waals surface area contributed by atoms with Crippen LogP contribution in [0.5, 0.6) is 0 Å². The van der Waals surface area contributed by atoms with Gasteiger partial charge < -0.3 is 10.2 Å².